The van der Waals surface area contributed by atoms with E-state index in [1.165, 1.54) is 12.1 Å². The molecular weight excluding hydrogens is 213 g/mol. The SMILES string of the molecule is CN(CC=CCCl)Cc1ccc(F)cc1. The number of allylic oxidation sites excluding steroid dienone is 1. The van der Waals surface area contributed by atoms with Crippen LogP contribution in [-0.2, 0) is 6.54 Å². The molecule has 0 aliphatic carbocycles. The molecule has 0 spiro atoms. The average molecular weight is 228 g/mol. The van der Waals surface area contributed by atoms with E-state index in [1.807, 2.05) is 19.2 Å². The van der Waals surface area contributed by atoms with Gasteiger partial charge in [-0.25, -0.2) is 4.39 Å². The minimum atomic E-state index is -0.191. The Morgan fingerprint density at radius 2 is 1.93 bits per heavy atom. The molecule has 15 heavy (non-hydrogen) atoms. The summed E-state index contributed by atoms with van der Waals surface area (Å²) >= 11 is 5.52. The largest absolute Gasteiger partial charge is 0.298 e. The number of alkyl halides is 1. The molecule has 1 aromatic carbocycles. The molecule has 0 radical (unpaired) electrons. The third-order valence-electron chi connectivity index (χ3n) is 2.04. The van der Waals surface area contributed by atoms with E-state index in [1.54, 1.807) is 12.1 Å². The summed E-state index contributed by atoms with van der Waals surface area (Å²) < 4.78 is 12.6. The number of hydrogen-bond donors (Lipinski definition) is 0. The van der Waals surface area contributed by atoms with E-state index in [2.05, 4.69) is 4.90 Å². The Balaban J connectivity index is 2.40. The Hall–Kier alpha value is -0.860. The number of benzene rings is 1. The van der Waals surface area contributed by atoms with E-state index in [-0.39, 0.29) is 5.82 Å². The first-order chi connectivity index (χ1) is 7.22. The van der Waals surface area contributed by atoms with E-state index >= 15 is 0 Å². The second-order valence-corrected chi connectivity index (χ2v) is 3.76. The second kappa shape index (κ2) is 6.59. The van der Waals surface area contributed by atoms with E-state index in [0.29, 0.717) is 5.88 Å². The van der Waals surface area contributed by atoms with Crippen molar-refractivity contribution in [1.29, 1.82) is 0 Å². The van der Waals surface area contributed by atoms with Gasteiger partial charge >= 0.3 is 0 Å². The van der Waals surface area contributed by atoms with E-state index in [0.717, 1.165) is 18.7 Å². The normalized spacial score (nSPS) is 11.5. The van der Waals surface area contributed by atoms with Gasteiger partial charge in [0.05, 0.1) is 0 Å². The van der Waals surface area contributed by atoms with Crippen molar-refractivity contribution in [2.45, 2.75) is 6.54 Å². The summed E-state index contributed by atoms with van der Waals surface area (Å²) in [5.74, 6) is 0.355. The highest BCUT2D eigenvalue weighted by atomic mass is 35.5. The molecule has 82 valence electrons. The minimum absolute atomic E-state index is 0.191. The van der Waals surface area contributed by atoms with Crippen molar-refractivity contribution < 1.29 is 4.39 Å². The van der Waals surface area contributed by atoms with Crippen molar-refractivity contribution in [1.82, 2.24) is 4.90 Å². The summed E-state index contributed by atoms with van der Waals surface area (Å²) in [5.41, 5.74) is 1.11. The van der Waals surface area contributed by atoms with Gasteiger partial charge in [-0.05, 0) is 24.7 Å². The predicted octanol–water partition coefficient (Wildman–Crippen LogP) is 3.05. The van der Waals surface area contributed by atoms with E-state index < -0.39 is 0 Å². The molecule has 0 heterocycles. The maximum Gasteiger partial charge on any atom is 0.123 e. The lowest BCUT2D eigenvalue weighted by atomic mass is 10.2. The first kappa shape index (κ1) is 12.2. The van der Waals surface area contributed by atoms with Crippen LogP contribution < -0.4 is 0 Å². The van der Waals surface area contributed by atoms with Crippen molar-refractivity contribution in [3.05, 3.63) is 47.8 Å². The van der Waals surface area contributed by atoms with Gasteiger partial charge in [-0.1, -0.05) is 24.3 Å². The second-order valence-electron chi connectivity index (χ2n) is 3.45. The topological polar surface area (TPSA) is 3.24 Å². The molecule has 1 rings (SSSR count). The summed E-state index contributed by atoms with van der Waals surface area (Å²) in [6, 6.07) is 6.57. The number of rotatable bonds is 5. The molecule has 0 saturated carbocycles. The number of hydrogen-bond acceptors (Lipinski definition) is 1. The monoisotopic (exact) mass is 227 g/mol. The van der Waals surface area contributed by atoms with E-state index in [4.69, 9.17) is 11.6 Å². The summed E-state index contributed by atoms with van der Waals surface area (Å²) in [4.78, 5) is 2.14. The zero-order valence-corrected chi connectivity index (χ0v) is 9.54. The summed E-state index contributed by atoms with van der Waals surface area (Å²) in [6.45, 7) is 1.66. The molecule has 1 aromatic rings. The standard InChI is InChI=1S/C12H15ClFN/c1-15(9-3-2-8-13)10-11-4-6-12(14)7-5-11/h2-7H,8-10H2,1H3. The van der Waals surface area contributed by atoms with Gasteiger partial charge in [-0.15, -0.1) is 11.6 Å². The highest BCUT2D eigenvalue weighted by Crippen LogP contribution is 2.05. The van der Waals surface area contributed by atoms with Gasteiger partial charge in [0.25, 0.3) is 0 Å². The first-order valence-corrected chi connectivity index (χ1v) is 5.40. The zero-order valence-electron chi connectivity index (χ0n) is 8.79. The van der Waals surface area contributed by atoms with Crippen LogP contribution in [0.3, 0.4) is 0 Å². The van der Waals surface area contributed by atoms with Crippen LogP contribution in [0, 0.1) is 5.82 Å². The molecule has 0 bridgehead atoms. The van der Waals surface area contributed by atoms with Crippen LogP contribution >= 0.6 is 11.6 Å². The van der Waals surface area contributed by atoms with Crippen molar-refractivity contribution in [2.24, 2.45) is 0 Å². The third-order valence-corrected chi connectivity index (χ3v) is 2.22. The van der Waals surface area contributed by atoms with Crippen LogP contribution in [0.5, 0.6) is 0 Å². The van der Waals surface area contributed by atoms with Crippen LogP contribution in [0.25, 0.3) is 0 Å². The molecule has 0 aromatic heterocycles. The van der Waals surface area contributed by atoms with Gasteiger partial charge in [0, 0.05) is 19.0 Å². The van der Waals surface area contributed by atoms with Crippen molar-refractivity contribution in [3.8, 4) is 0 Å². The zero-order chi connectivity index (χ0) is 11.1. The average Bonchev–Trinajstić information content (AvgIpc) is 2.22. The van der Waals surface area contributed by atoms with Crippen LogP contribution in [0.15, 0.2) is 36.4 Å². The molecule has 1 nitrogen and oxygen atoms in total. The Morgan fingerprint density at radius 3 is 2.53 bits per heavy atom. The van der Waals surface area contributed by atoms with Gasteiger partial charge < -0.3 is 0 Å². The van der Waals surface area contributed by atoms with Gasteiger partial charge in [0.15, 0.2) is 0 Å². The van der Waals surface area contributed by atoms with Crippen LogP contribution in [0.1, 0.15) is 5.56 Å². The van der Waals surface area contributed by atoms with Gasteiger partial charge in [0.1, 0.15) is 5.82 Å². The van der Waals surface area contributed by atoms with Crippen molar-refractivity contribution in [3.63, 3.8) is 0 Å². The maximum atomic E-state index is 12.6. The molecule has 0 N–H and O–H groups in total. The molecule has 0 aliphatic heterocycles. The number of likely N-dealkylation sites (N-methyl/N-ethyl adjacent to an activating group) is 1. The smallest absolute Gasteiger partial charge is 0.123 e. The summed E-state index contributed by atoms with van der Waals surface area (Å²) in [7, 11) is 2.02. The lowest BCUT2D eigenvalue weighted by Crippen LogP contribution is -2.17. The number of nitrogens with zero attached hydrogens (tertiary/aromatic N) is 1. The fraction of sp³-hybridized carbons (Fsp3) is 0.333. The van der Waals surface area contributed by atoms with Crippen LogP contribution in [-0.4, -0.2) is 24.4 Å². The molecule has 0 unspecified atom stereocenters. The number of halogens is 2. The van der Waals surface area contributed by atoms with Crippen molar-refractivity contribution in [2.75, 3.05) is 19.5 Å². The molecular formula is C12H15ClFN. The third kappa shape index (κ3) is 4.96. The maximum absolute atomic E-state index is 12.6. The Bertz CT molecular complexity index is 308. The Labute approximate surface area is 95.2 Å². The van der Waals surface area contributed by atoms with E-state index in [9.17, 15) is 4.39 Å². The molecule has 0 atom stereocenters. The first-order valence-electron chi connectivity index (χ1n) is 4.86. The minimum Gasteiger partial charge on any atom is -0.298 e. The van der Waals surface area contributed by atoms with Gasteiger partial charge in [-0.3, -0.25) is 4.90 Å². The fourth-order valence-corrected chi connectivity index (χ4v) is 1.41. The quantitative estimate of drug-likeness (QED) is 0.552. The molecule has 0 amide bonds. The van der Waals surface area contributed by atoms with Crippen molar-refractivity contribution >= 4 is 11.6 Å². The lowest BCUT2D eigenvalue weighted by molar-refractivity contribution is 0.363. The molecule has 3 heteroatoms. The van der Waals surface area contributed by atoms with Gasteiger partial charge in [0.2, 0.25) is 0 Å². The predicted molar refractivity (Wildman–Crippen MR) is 62.6 cm³/mol. The summed E-state index contributed by atoms with van der Waals surface area (Å²) in [6.07, 6.45) is 3.94. The Kier molecular flexibility index (Phi) is 5.37. The highest BCUT2D eigenvalue weighted by molar-refractivity contribution is 6.18. The van der Waals surface area contributed by atoms with Crippen LogP contribution in [0.2, 0.25) is 0 Å². The fourth-order valence-electron chi connectivity index (χ4n) is 1.28. The lowest BCUT2D eigenvalue weighted by Gasteiger charge is -2.14. The molecule has 0 aliphatic rings. The molecule has 0 fully saturated rings. The highest BCUT2D eigenvalue weighted by Gasteiger charge is 1.98. The molecule has 0 saturated heterocycles. The Morgan fingerprint density at radius 1 is 1.27 bits per heavy atom. The summed E-state index contributed by atoms with van der Waals surface area (Å²) in [5, 5.41) is 0. The van der Waals surface area contributed by atoms with Gasteiger partial charge in [-0.2, -0.15) is 0 Å². The van der Waals surface area contributed by atoms with Crippen LogP contribution in [0.4, 0.5) is 4.39 Å².